The van der Waals surface area contributed by atoms with Gasteiger partial charge in [0.2, 0.25) is 0 Å². The van der Waals surface area contributed by atoms with Crippen LogP contribution in [0.3, 0.4) is 0 Å². The van der Waals surface area contributed by atoms with Crippen molar-refractivity contribution in [3.63, 3.8) is 0 Å². The average molecular weight is 221 g/mol. The number of hydrogen-bond donors (Lipinski definition) is 1. The number of nitrogens with one attached hydrogen (secondary N) is 1. The number of Topliss-reactive ketones (excluding diaryl/α,β-unsaturated/α-hetero) is 1. The van der Waals surface area contributed by atoms with Crippen LogP contribution < -0.4 is 5.32 Å². The summed E-state index contributed by atoms with van der Waals surface area (Å²) < 4.78 is 7.32. The summed E-state index contributed by atoms with van der Waals surface area (Å²) in [5, 5.41) is 7.37. The van der Waals surface area contributed by atoms with Crippen molar-refractivity contribution in [2.75, 3.05) is 19.7 Å². The van der Waals surface area contributed by atoms with E-state index in [1.54, 1.807) is 6.20 Å². The summed E-state index contributed by atoms with van der Waals surface area (Å²) in [6.07, 6.45) is 5.51. The number of ketones is 1. The van der Waals surface area contributed by atoms with Crippen molar-refractivity contribution >= 4 is 5.78 Å². The molecule has 1 atom stereocenters. The average Bonchev–Trinajstić information content (AvgIpc) is 3.08. The maximum absolute atomic E-state index is 12.0. The van der Waals surface area contributed by atoms with Gasteiger partial charge in [-0.1, -0.05) is 0 Å². The highest BCUT2D eigenvalue weighted by atomic mass is 16.5. The number of ether oxygens (including phenoxy) is 1. The fourth-order valence-electron chi connectivity index (χ4n) is 1.92. The summed E-state index contributed by atoms with van der Waals surface area (Å²) in [5.74, 6) is 0.0408. The predicted octanol–water partition coefficient (Wildman–Crippen LogP) is 0.389. The third kappa shape index (κ3) is 1.88. The molecule has 0 unspecified atom stereocenters. The third-order valence-electron chi connectivity index (χ3n) is 3.03. The molecule has 2 aliphatic rings. The van der Waals surface area contributed by atoms with E-state index in [1.165, 1.54) is 12.8 Å². The van der Waals surface area contributed by atoms with Gasteiger partial charge >= 0.3 is 0 Å². The Morgan fingerprint density at radius 1 is 1.56 bits per heavy atom. The van der Waals surface area contributed by atoms with Crippen LogP contribution in [0.25, 0.3) is 0 Å². The molecule has 5 heteroatoms. The van der Waals surface area contributed by atoms with Gasteiger partial charge in [0, 0.05) is 19.3 Å². The highest BCUT2D eigenvalue weighted by Gasteiger charge is 2.28. The van der Waals surface area contributed by atoms with Gasteiger partial charge in [-0.3, -0.25) is 9.48 Å². The zero-order chi connectivity index (χ0) is 11.0. The van der Waals surface area contributed by atoms with Crippen molar-refractivity contribution < 1.29 is 9.53 Å². The fourth-order valence-corrected chi connectivity index (χ4v) is 1.92. The highest BCUT2D eigenvalue weighted by Crippen LogP contribution is 2.34. The quantitative estimate of drug-likeness (QED) is 0.750. The molecule has 2 heterocycles. The van der Waals surface area contributed by atoms with E-state index < -0.39 is 0 Å². The van der Waals surface area contributed by atoms with Crippen molar-refractivity contribution in [1.82, 2.24) is 15.1 Å². The highest BCUT2D eigenvalue weighted by molar-refractivity contribution is 5.99. The summed E-state index contributed by atoms with van der Waals surface area (Å²) in [5.41, 5.74) is 0.667. The normalized spacial score (nSPS) is 25.6. The lowest BCUT2D eigenvalue weighted by Crippen LogP contribution is -2.43. The van der Waals surface area contributed by atoms with E-state index in [2.05, 4.69) is 10.4 Å². The van der Waals surface area contributed by atoms with Gasteiger partial charge in [0.1, 0.15) is 6.10 Å². The second-order valence-electron chi connectivity index (χ2n) is 4.37. The molecule has 3 rings (SSSR count). The van der Waals surface area contributed by atoms with E-state index in [0.29, 0.717) is 24.8 Å². The molecule has 1 aliphatic carbocycles. The number of aromatic nitrogens is 2. The van der Waals surface area contributed by atoms with Gasteiger partial charge in [-0.05, 0) is 12.8 Å². The molecule has 2 fully saturated rings. The topological polar surface area (TPSA) is 56.2 Å². The zero-order valence-corrected chi connectivity index (χ0v) is 9.06. The van der Waals surface area contributed by atoms with E-state index in [0.717, 1.165) is 6.54 Å². The molecule has 0 amide bonds. The number of morpholine rings is 1. The third-order valence-corrected chi connectivity index (χ3v) is 3.03. The Kier molecular flexibility index (Phi) is 2.49. The van der Waals surface area contributed by atoms with Crippen molar-refractivity contribution in [3.8, 4) is 0 Å². The smallest absolute Gasteiger partial charge is 0.196 e. The molecule has 0 aromatic carbocycles. The molecule has 1 aromatic rings. The van der Waals surface area contributed by atoms with Crippen LogP contribution in [0.1, 0.15) is 29.2 Å². The molecule has 1 N–H and O–H groups in total. The lowest BCUT2D eigenvalue weighted by atomic mass is 10.1. The molecule has 86 valence electrons. The molecule has 5 nitrogen and oxygen atoms in total. The molecular weight excluding hydrogens is 206 g/mol. The van der Waals surface area contributed by atoms with Gasteiger partial charge in [0.05, 0.1) is 24.4 Å². The van der Waals surface area contributed by atoms with Gasteiger partial charge in [-0.25, -0.2) is 0 Å². The van der Waals surface area contributed by atoms with Gasteiger partial charge < -0.3 is 10.1 Å². The van der Waals surface area contributed by atoms with Gasteiger partial charge in [0.15, 0.2) is 5.78 Å². The summed E-state index contributed by atoms with van der Waals surface area (Å²) in [6.45, 7) is 2.03. The Bertz CT molecular complexity index is 392. The van der Waals surface area contributed by atoms with E-state index in [1.807, 2.05) is 10.9 Å². The molecular formula is C11H15N3O2. The molecule has 0 bridgehead atoms. The Morgan fingerprint density at radius 2 is 2.44 bits per heavy atom. The Morgan fingerprint density at radius 3 is 3.12 bits per heavy atom. The number of hydrogen-bond acceptors (Lipinski definition) is 4. The van der Waals surface area contributed by atoms with E-state index >= 15 is 0 Å². The first-order valence-corrected chi connectivity index (χ1v) is 5.75. The monoisotopic (exact) mass is 221 g/mol. The molecule has 1 saturated carbocycles. The Hall–Kier alpha value is -1.20. The van der Waals surface area contributed by atoms with E-state index in [9.17, 15) is 4.79 Å². The SMILES string of the molecule is O=C(c1cnn(C2CC2)c1)[C@H]1CNCCO1. The second kappa shape index (κ2) is 3.99. The minimum atomic E-state index is -0.342. The number of carbonyl (C=O) groups excluding carboxylic acids is 1. The second-order valence-corrected chi connectivity index (χ2v) is 4.37. The van der Waals surface area contributed by atoms with Crippen molar-refractivity contribution in [1.29, 1.82) is 0 Å². The standard InChI is InChI=1S/C11H15N3O2/c15-11(10-6-12-3-4-16-10)8-5-13-14(7-8)9-1-2-9/h5,7,9-10,12H,1-4,6H2/t10-/m1/s1. The lowest BCUT2D eigenvalue weighted by molar-refractivity contribution is 0.0269. The molecule has 0 spiro atoms. The summed E-state index contributed by atoms with van der Waals surface area (Å²) >= 11 is 0. The first-order chi connectivity index (χ1) is 7.84. The number of nitrogens with zero attached hydrogens (tertiary/aromatic N) is 2. The fraction of sp³-hybridized carbons (Fsp3) is 0.636. The minimum absolute atomic E-state index is 0.0408. The van der Waals surface area contributed by atoms with Crippen molar-refractivity contribution in [3.05, 3.63) is 18.0 Å². The maximum atomic E-state index is 12.0. The van der Waals surface area contributed by atoms with Crippen molar-refractivity contribution in [2.45, 2.75) is 25.0 Å². The van der Waals surface area contributed by atoms with Crippen LogP contribution in [0, 0.1) is 0 Å². The Balaban J connectivity index is 1.71. The van der Waals surface area contributed by atoms with Gasteiger partial charge in [-0.2, -0.15) is 5.10 Å². The minimum Gasteiger partial charge on any atom is -0.367 e. The van der Waals surface area contributed by atoms with Gasteiger partial charge in [0.25, 0.3) is 0 Å². The first-order valence-electron chi connectivity index (χ1n) is 5.75. The maximum Gasteiger partial charge on any atom is 0.196 e. The predicted molar refractivity (Wildman–Crippen MR) is 57.4 cm³/mol. The Labute approximate surface area is 93.8 Å². The number of carbonyl (C=O) groups is 1. The first kappa shape index (κ1) is 9.99. The van der Waals surface area contributed by atoms with Crippen LogP contribution in [0.5, 0.6) is 0 Å². The van der Waals surface area contributed by atoms with Crippen molar-refractivity contribution in [2.24, 2.45) is 0 Å². The van der Waals surface area contributed by atoms with Crippen LogP contribution in [-0.2, 0) is 4.74 Å². The van der Waals surface area contributed by atoms with Gasteiger partial charge in [-0.15, -0.1) is 0 Å². The van der Waals surface area contributed by atoms with Crippen LogP contribution >= 0.6 is 0 Å². The molecule has 1 aromatic heterocycles. The molecule has 0 radical (unpaired) electrons. The van der Waals surface area contributed by atoms with Crippen LogP contribution in [0.4, 0.5) is 0 Å². The van der Waals surface area contributed by atoms with E-state index in [-0.39, 0.29) is 11.9 Å². The van der Waals surface area contributed by atoms with Crippen LogP contribution in [0.2, 0.25) is 0 Å². The summed E-state index contributed by atoms with van der Waals surface area (Å²) in [6, 6.07) is 0.520. The molecule has 1 aliphatic heterocycles. The summed E-state index contributed by atoms with van der Waals surface area (Å²) in [4.78, 5) is 12.0. The van der Waals surface area contributed by atoms with Crippen LogP contribution in [-0.4, -0.2) is 41.4 Å². The summed E-state index contributed by atoms with van der Waals surface area (Å²) in [7, 11) is 0. The van der Waals surface area contributed by atoms with E-state index in [4.69, 9.17) is 4.74 Å². The molecule has 16 heavy (non-hydrogen) atoms. The largest absolute Gasteiger partial charge is 0.367 e. The number of rotatable bonds is 3. The zero-order valence-electron chi connectivity index (χ0n) is 9.06. The lowest BCUT2D eigenvalue weighted by Gasteiger charge is -2.21. The van der Waals surface area contributed by atoms with Crippen LogP contribution in [0.15, 0.2) is 12.4 Å². The molecule has 1 saturated heterocycles.